The Hall–Kier alpha value is -5.07. The molecule has 10 rings (SSSR count). The van der Waals surface area contributed by atoms with Crippen molar-refractivity contribution in [2.45, 2.75) is 57.2 Å². The first kappa shape index (κ1) is 33.9. The van der Waals surface area contributed by atoms with E-state index in [0.717, 1.165) is 76.4 Å². The minimum absolute atomic E-state index is 0. The van der Waals surface area contributed by atoms with Crippen LogP contribution in [0.3, 0.4) is 0 Å². The molecule has 0 saturated carbocycles. The second-order valence-electron chi connectivity index (χ2n) is 16.7. The third kappa shape index (κ3) is 7.52. The van der Waals surface area contributed by atoms with Gasteiger partial charge in [0.05, 0.1) is 11.3 Å². The number of rotatable bonds is 5. The summed E-state index contributed by atoms with van der Waals surface area (Å²) >= 11 is -2.36. The number of para-hydroxylation sites is 4. The summed E-state index contributed by atoms with van der Waals surface area (Å²) in [4.78, 5) is 9.72. The summed E-state index contributed by atoms with van der Waals surface area (Å²) in [5.41, 5.74) is 10.2. The minimum atomic E-state index is -2.36. The van der Waals surface area contributed by atoms with E-state index in [9.17, 15) is 0 Å². The summed E-state index contributed by atoms with van der Waals surface area (Å²) in [7, 11) is 0. The zero-order chi connectivity index (χ0) is 43.8. The maximum atomic E-state index is 8.80. The van der Waals surface area contributed by atoms with Crippen LogP contribution in [0.15, 0.2) is 147 Å². The Morgan fingerprint density at radius 2 is 1.40 bits per heavy atom. The molecule has 4 heterocycles. The predicted molar refractivity (Wildman–Crippen MR) is 240 cm³/mol. The second-order valence-corrected chi connectivity index (χ2v) is 27.3. The molecule has 6 heteroatoms. The topological polar surface area (TPSA) is 51.5 Å². The van der Waals surface area contributed by atoms with Gasteiger partial charge in [-0.05, 0) is 29.5 Å². The van der Waals surface area contributed by atoms with Crippen molar-refractivity contribution in [2.75, 3.05) is 0 Å². The van der Waals surface area contributed by atoms with Crippen LogP contribution in [0.2, 0.25) is 17.3 Å². The summed E-state index contributed by atoms with van der Waals surface area (Å²) in [5.74, 6) is 6.60. The van der Waals surface area contributed by atoms with Crippen LogP contribution in [0.5, 0.6) is 0 Å². The molecule has 291 valence electrons. The maximum Gasteiger partial charge on any atom is 0.138 e. The monoisotopic (exact) mass is 1000 g/mol. The molecule has 1 unspecified atom stereocenters. The molecule has 0 fully saturated rings. The third-order valence-corrected chi connectivity index (χ3v) is 14.6. The van der Waals surface area contributed by atoms with Gasteiger partial charge in [-0.3, -0.25) is 4.99 Å². The molecule has 0 spiro atoms. The minimum Gasteiger partial charge on any atom is -0.501 e. The summed E-state index contributed by atoms with van der Waals surface area (Å²) in [6, 6.07) is 48.2. The fraction of sp³-hybridized carbons (Fsp3) is 0.192. The van der Waals surface area contributed by atoms with Crippen LogP contribution >= 0.6 is 0 Å². The van der Waals surface area contributed by atoms with Crippen LogP contribution in [0.1, 0.15) is 61.4 Å². The molecule has 1 aliphatic rings. The van der Waals surface area contributed by atoms with Gasteiger partial charge in [0.2, 0.25) is 0 Å². The Morgan fingerprint density at radius 1 is 0.741 bits per heavy atom. The molecule has 0 aliphatic carbocycles. The van der Waals surface area contributed by atoms with E-state index < -0.39 is 31.9 Å². The van der Waals surface area contributed by atoms with E-state index in [2.05, 4.69) is 95.0 Å². The van der Waals surface area contributed by atoms with E-state index in [0.29, 0.717) is 16.8 Å². The Morgan fingerprint density at radius 3 is 2.09 bits per heavy atom. The van der Waals surface area contributed by atoms with Gasteiger partial charge in [-0.1, -0.05) is 83.7 Å². The van der Waals surface area contributed by atoms with Crippen LogP contribution in [0.4, 0.5) is 5.69 Å². The number of aliphatic imine (C=N–C) groups is 1. The molecule has 3 aromatic heterocycles. The molecule has 58 heavy (non-hydrogen) atoms. The Bertz CT molecular complexity index is 3190. The fourth-order valence-electron chi connectivity index (χ4n) is 7.86. The summed E-state index contributed by atoms with van der Waals surface area (Å²) in [5, 5.41) is 4.42. The number of aryl methyl sites for hydroxylation is 1. The van der Waals surface area contributed by atoms with E-state index in [-0.39, 0.29) is 31.6 Å². The van der Waals surface area contributed by atoms with Crippen LogP contribution < -0.4 is 4.40 Å². The molecule has 4 nitrogen and oxygen atoms in total. The third-order valence-electron chi connectivity index (χ3n) is 10.4. The second kappa shape index (κ2) is 15.6. The Kier molecular flexibility index (Phi) is 9.11. The maximum absolute atomic E-state index is 8.80. The van der Waals surface area contributed by atoms with E-state index in [4.69, 9.17) is 20.7 Å². The average Bonchev–Trinajstić information content (AvgIpc) is 3.94. The Balaban J connectivity index is 0.000000177. The number of benzene rings is 6. The number of hydrogen-bond donors (Lipinski definition) is 0. The standard InChI is InChI=1S/C32H18NO2.C20H28GeN.Ir/c1-4-16-26-23(11-1)29(24-14-7-12-21-19-9-2-5-17-27(19)34-31(21)24)30(33-26)25-15-8-13-22-20-10-3-6-18-28(20)35-32(22)25;1-15-8-10-16(11-9-15)19-12-17(13-20(2,3)4)18(14-22-19)21(5,6)7;/h1-14,16-18,29H;8-10,12,14H,13H2,1-7H3;/q2*-1;/i;1D3,13D2;. The van der Waals surface area contributed by atoms with Crippen LogP contribution in [-0.4, -0.2) is 24.0 Å². The van der Waals surface area contributed by atoms with Crippen molar-refractivity contribution in [3.8, 4) is 11.3 Å². The van der Waals surface area contributed by atoms with Crippen molar-refractivity contribution >= 4 is 72.9 Å². The van der Waals surface area contributed by atoms with Gasteiger partial charge in [0.25, 0.3) is 0 Å². The SMILES string of the molecule is [2H]C([2H])([2H])c1c[c-]c(-c2cc(C([2H])([2H])C(C)(C)C)[c]([Ge]([CH3])([CH3])[CH3])cn2)cc1.[Ir].[c-]1ccc2c(oc3ccccc32)c1C1=Nc2ccccc2C1c1cccc2c1oc1ccccc12. The number of pyridine rings is 1. The van der Waals surface area contributed by atoms with Crippen LogP contribution in [-0.2, 0) is 26.5 Å². The molecule has 1 radical (unpaired) electrons. The van der Waals surface area contributed by atoms with Gasteiger partial charge in [0.15, 0.2) is 0 Å². The van der Waals surface area contributed by atoms with Gasteiger partial charge in [-0.2, -0.15) is 0 Å². The van der Waals surface area contributed by atoms with Crippen molar-refractivity contribution in [3.63, 3.8) is 0 Å². The molecule has 0 N–H and O–H groups in total. The van der Waals surface area contributed by atoms with E-state index in [1.54, 1.807) is 12.1 Å². The predicted octanol–water partition coefficient (Wildman–Crippen LogP) is 13.5. The first-order valence-corrected chi connectivity index (χ1v) is 26.7. The molecule has 1 aliphatic heterocycles. The van der Waals surface area contributed by atoms with Crippen molar-refractivity contribution in [1.82, 2.24) is 4.98 Å². The normalized spacial score (nSPS) is 15.7. The number of nitrogens with zero attached hydrogens (tertiary/aromatic N) is 2. The summed E-state index contributed by atoms with van der Waals surface area (Å²) in [6.45, 7) is 3.55. The summed E-state index contributed by atoms with van der Waals surface area (Å²) < 4.78 is 53.9. The Labute approximate surface area is 364 Å². The van der Waals surface area contributed by atoms with Crippen LogP contribution in [0, 0.1) is 24.4 Å². The largest absolute Gasteiger partial charge is 0.501 e. The molecule has 0 bridgehead atoms. The molecule has 0 amide bonds. The first-order chi connectivity index (χ1) is 29.4. The molecule has 9 aromatic rings. The van der Waals surface area contributed by atoms with Crippen LogP contribution in [0.25, 0.3) is 55.1 Å². The molecule has 1 atom stereocenters. The van der Waals surface area contributed by atoms with Gasteiger partial charge >= 0.3 is 145 Å². The van der Waals surface area contributed by atoms with Gasteiger partial charge in [0.1, 0.15) is 16.7 Å². The van der Waals surface area contributed by atoms with E-state index in [1.165, 1.54) is 6.07 Å². The van der Waals surface area contributed by atoms with Crippen molar-refractivity contribution < 1.29 is 35.8 Å². The van der Waals surface area contributed by atoms with Gasteiger partial charge in [-0.25, -0.2) is 0 Å². The first-order valence-electron chi connectivity index (χ1n) is 21.9. The van der Waals surface area contributed by atoms with Crippen molar-refractivity contribution in [1.29, 1.82) is 0 Å². The van der Waals surface area contributed by atoms with Gasteiger partial charge in [-0.15, -0.1) is 18.2 Å². The smallest absolute Gasteiger partial charge is 0.138 e. The molecule has 6 aromatic carbocycles. The number of aromatic nitrogens is 1. The zero-order valence-electron chi connectivity index (χ0n) is 38.3. The number of hydrogen-bond acceptors (Lipinski definition) is 4. The van der Waals surface area contributed by atoms with Crippen molar-refractivity contribution in [3.05, 3.63) is 174 Å². The average molecular weight is 1000 g/mol. The van der Waals surface area contributed by atoms with Gasteiger partial charge in [0, 0.05) is 47.7 Å². The van der Waals surface area contributed by atoms with E-state index >= 15 is 0 Å². The van der Waals surface area contributed by atoms with Crippen molar-refractivity contribution in [2.24, 2.45) is 10.4 Å². The molecular formula is C52H46GeIrN2O2-2. The quantitative estimate of drug-likeness (QED) is 0.128. The van der Waals surface area contributed by atoms with Gasteiger partial charge < -0.3 is 8.83 Å². The fourth-order valence-corrected chi connectivity index (χ4v) is 10.8. The zero-order valence-corrected chi connectivity index (χ0v) is 37.8. The molecular weight excluding hydrogens is 949 g/mol. The number of fused-ring (bicyclic) bond motifs is 7. The number of furan rings is 2. The van der Waals surface area contributed by atoms with E-state index in [1.807, 2.05) is 75.5 Å². The summed E-state index contributed by atoms with van der Waals surface area (Å²) in [6.07, 6.45) is 0.303. The molecule has 0 saturated heterocycles.